The van der Waals surface area contributed by atoms with E-state index in [-0.39, 0.29) is 5.41 Å². The zero-order valence-corrected chi connectivity index (χ0v) is 12.6. The molecule has 4 rings (SSSR count). The van der Waals surface area contributed by atoms with Crippen LogP contribution in [0.5, 0.6) is 0 Å². The summed E-state index contributed by atoms with van der Waals surface area (Å²) >= 11 is 0. The summed E-state index contributed by atoms with van der Waals surface area (Å²) in [6, 6.07) is 17.8. The molecular weight excluding hydrogens is 252 g/mol. The van der Waals surface area contributed by atoms with Crippen LogP contribution in [0.4, 0.5) is 0 Å². The van der Waals surface area contributed by atoms with E-state index >= 15 is 0 Å². The SMILES string of the molecule is CC1CC=CC=C1C1(C)c2ccccc2-c2ccccc21. The lowest BCUT2D eigenvalue weighted by atomic mass is 9.68. The van der Waals surface area contributed by atoms with Crippen LogP contribution in [0.3, 0.4) is 0 Å². The van der Waals surface area contributed by atoms with Crippen LogP contribution in [-0.4, -0.2) is 0 Å². The minimum absolute atomic E-state index is 0.0113. The molecule has 0 radical (unpaired) electrons. The molecule has 2 aromatic rings. The molecule has 0 heteroatoms. The average molecular weight is 272 g/mol. The molecule has 0 fully saturated rings. The predicted molar refractivity (Wildman–Crippen MR) is 89.3 cm³/mol. The monoisotopic (exact) mass is 272 g/mol. The molecule has 0 aliphatic heterocycles. The van der Waals surface area contributed by atoms with Crippen molar-refractivity contribution in [2.24, 2.45) is 5.92 Å². The molecule has 0 bridgehead atoms. The molecule has 0 saturated carbocycles. The van der Waals surface area contributed by atoms with E-state index < -0.39 is 0 Å². The fourth-order valence-electron chi connectivity index (χ4n) is 4.17. The van der Waals surface area contributed by atoms with Crippen LogP contribution in [0.1, 0.15) is 31.4 Å². The van der Waals surface area contributed by atoms with E-state index in [1.54, 1.807) is 5.57 Å². The third-order valence-corrected chi connectivity index (χ3v) is 5.23. The Kier molecular flexibility index (Phi) is 2.68. The Morgan fingerprint density at radius 3 is 2.05 bits per heavy atom. The van der Waals surface area contributed by atoms with Crippen molar-refractivity contribution in [2.75, 3.05) is 0 Å². The summed E-state index contributed by atoms with van der Waals surface area (Å²) < 4.78 is 0. The van der Waals surface area contributed by atoms with Gasteiger partial charge in [-0.25, -0.2) is 0 Å². The van der Waals surface area contributed by atoms with Gasteiger partial charge in [-0.3, -0.25) is 0 Å². The lowest BCUT2D eigenvalue weighted by Gasteiger charge is -2.35. The van der Waals surface area contributed by atoms with E-state index in [0.29, 0.717) is 5.92 Å². The zero-order chi connectivity index (χ0) is 14.4. The average Bonchev–Trinajstić information content (AvgIpc) is 2.79. The Bertz CT molecular complexity index is 716. The highest BCUT2D eigenvalue weighted by Crippen LogP contribution is 2.54. The highest BCUT2D eigenvalue weighted by atomic mass is 14.5. The van der Waals surface area contributed by atoms with Gasteiger partial charge in [0.25, 0.3) is 0 Å². The van der Waals surface area contributed by atoms with Crippen molar-refractivity contribution in [1.82, 2.24) is 0 Å². The topological polar surface area (TPSA) is 0 Å². The van der Waals surface area contributed by atoms with Gasteiger partial charge in [-0.1, -0.05) is 79.3 Å². The zero-order valence-electron chi connectivity index (χ0n) is 12.6. The van der Waals surface area contributed by atoms with Crippen LogP contribution in [0.25, 0.3) is 11.1 Å². The fourth-order valence-corrected chi connectivity index (χ4v) is 4.17. The Morgan fingerprint density at radius 1 is 0.905 bits per heavy atom. The van der Waals surface area contributed by atoms with Gasteiger partial charge in [0.1, 0.15) is 0 Å². The van der Waals surface area contributed by atoms with E-state index in [9.17, 15) is 0 Å². The number of benzene rings is 2. The maximum Gasteiger partial charge on any atom is 0.0400 e. The van der Waals surface area contributed by atoms with Crippen molar-refractivity contribution in [3.8, 4) is 11.1 Å². The number of hydrogen-bond donors (Lipinski definition) is 0. The van der Waals surface area contributed by atoms with Crippen LogP contribution < -0.4 is 0 Å². The summed E-state index contributed by atoms with van der Waals surface area (Å²) in [5.41, 5.74) is 7.27. The Balaban J connectivity index is 2.04. The van der Waals surface area contributed by atoms with Crippen LogP contribution in [-0.2, 0) is 5.41 Å². The minimum Gasteiger partial charge on any atom is -0.0840 e. The van der Waals surface area contributed by atoms with Gasteiger partial charge in [0, 0.05) is 5.41 Å². The van der Waals surface area contributed by atoms with Crippen LogP contribution in [0.15, 0.2) is 72.3 Å². The number of hydrogen-bond acceptors (Lipinski definition) is 0. The maximum absolute atomic E-state index is 2.40. The smallest absolute Gasteiger partial charge is 0.0400 e. The van der Waals surface area contributed by atoms with E-state index in [2.05, 4.69) is 80.6 Å². The van der Waals surface area contributed by atoms with E-state index in [0.717, 1.165) is 6.42 Å². The van der Waals surface area contributed by atoms with Crippen LogP contribution in [0, 0.1) is 5.92 Å². The van der Waals surface area contributed by atoms with E-state index in [1.165, 1.54) is 22.3 Å². The highest BCUT2D eigenvalue weighted by Gasteiger charge is 2.43. The predicted octanol–water partition coefficient (Wildman–Crippen LogP) is 5.50. The largest absolute Gasteiger partial charge is 0.0840 e. The Hall–Kier alpha value is -2.08. The van der Waals surface area contributed by atoms with Gasteiger partial charge in [0.2, 0.25) is 0 Å². The molecule has 1 unspecified atom stereocenters. The molecule has 0 amide bonds. The molecule has 0 N–H and O–H groups in total. The van der Waals surface area contributed by atoms with Crippen LogP contribution in [0.2, 0.25) is 0 Å². The standard InChI is InChI=1S/C21H20/c1-15-9-3-6-12-18(15)21(2)19-13-7-4-10-16(19)17-11-5-8-14-20(17)21/h3-8,10-15H,9H2,1-2H3. The van der Waals surface area contributed by atoms with Gasteiger partial charge in [-0.05, 0) is 41.5 Å². The number of allylic oxidation sites excluding steroid dienone is 4. The molecule has 0 spiro atoms. The molecule has 0 heterocycles. The maximum atomic E-state index is 2.40. The Labute approximate surface area is 126 Å². The molecule has 2 aliphatic rings. The minimum atomic E-state index is 0.0113. The summed E-state index contributed by atoms with van der Waals surface area (Å²) in [5, 5.41) is 0. The molecule has 2 aromatic carbocycles. The second-order valence-corrected chi connectivity index (χ2v) is 6.40. The van der Waals surface area contributed by atoms with Crippen molar-refractivity contribution < 1.29 is 0 Å². The van der Waals surface area contributed by atoms with E-state index in [1.807, 2.05) is 0 Å². The van der Waals surface area contributed by atoms with Crippen molar-refractivity contribution in [3.63, 3.8) is 0 Å². The molecule has 1 atom stereocenters. The second kappa shape index (κ2) is 4.46. The second-order valence-electron chi connectivity index (χ2n) is 6.40. The summed E-state index contributed by atoms with van der Waals surface area (Å²) in [5.74, 6) is 0.596. The Morgan fingerprint density at radius 2 is 1.48 bits per heavy atom. The highest BCUT2D eigenvalue weighted by molar-refractivity contribution is 5.83. The first-order valence-electron chi connectivity index (χ1n) is 7.79. The molecule has 21 heavy (non-hydrogen) atoms. The van der Waals surface area contributed by atoms with Crippen LogP contribution >= 0.6 is 0 Å². The third kappa shape index (κ3) is 1.62. The quantitative estimate of drug-likeness (QED) is 0.643. The number of fused-ring (bicyclic) bond motifs is 3. The van der Waals surface area contributed by atoms with Crippen molar-refractivity contribution in [3.05, 3.63) is 83.5 Å². The first-order valence-corrected chi connectivity index (χ1v) is 7.79. The first kappa shape index (κ1) is 12.6. The van der Waals surface area contributed by atoms with Gasteiger partial charge in [-0.2, -0.15) is 0 Å². The number of rotatable bonds is 1. The van der Waals surface area contributed by atoms with Gasteiger partial charge in [0.15, 0.2) is 0 Å². The third-order valence-electron chi connectivity index (χ3n) is 5.23. The summed E-state index contributed by atoms with van der Waals surface area (Å²) in [7, 11) is 0. The molecule has 104 valence electrons. The summed E-state index contributed by atoms with van der Waals surface area (Å²) in [4.78, 5) is 0. The van der Waals surface area contributed by atoms with Gasteiger partial charge in [0.05, 0.1) is 0 Å². The van der Waals surface area contributed by atoms with Gasteiger partial charge in [-0.15, -0.1) is 0 Å². The molecule has 0 nitrogen and oxygen atoms in total. The van der Waals surface area contributed by atoms with Crippen molar-refractivity contribution >= 4 is 0 Å². The van der Waals surface area contributed by atoms with Crippen molar-refractivity contribution in [1.29, 1.82) is 0 Å². The summed E-state index contributed by atoms with van der Waals surface area (Å²) in [6.07, 6.45) is 7.99. The summed E-state index contributed by atoms with van der Waals surface area (Å²) in [6.45, 7) is 4.75. The van der Waals surface area contributed by atoms with Gasteiger partial charge >= 0.3 is 0 Å². The van der Waals surface area contributed by atoms with Gasteiger partial charge < -0.3 is 0 Å². The fraction of sp³-hybridized carbons (Fsp3) is 0.238. The van der Waals surface area contributed by atoms with Crippen molar-refractivity contribution in [2.45, 2.75) is 25.7 Å². The first-order chi connectivity index (χ1) is 10.2. The lowest BCUT2D eigenvalue weighted by molar-refractivity contribution is 0.552. The normalized spacial score (nSPS) is 21.6. The molecule has 0 saturated heterocycles. The molecular formula is C21H20. The molecule has 2 aliphatic carbocycles. The lowest BCUT2D eigenvalue weighted by Crippen LogP contribution is -2.28. The van der Waals surface area contributed by atoms with E-state index in [4.69, 9.17) is 0 Å². The molecule has 0 aromatic heterocycles.